The maximum absolute atomic E-state index is 11.2. The Bertz CT molecular complexity index is 985. The summed E-state index contributed by atoms with van der Waals surface area (Å²) >= 11 is 1.49. The molecule has 0 aliphatic heterocycles. The molecule has 0 spiro atoms. The molecular formula is C24H33F3N4OS. The van der Waals surface area contributed by atoms with Gasteiger partial charge in [-0.05, 0) is 52.0 Å². The van der Waals surface area contributed by atoms with Gasteiger partial charge in [0.05, 0.1) is 11.3 Å². The number of fused-ring (bicyclic) bond motifs is 1. The maximum Gasteiger partial charge on any atom is 0.392 e. The van der Waals surface area contributed by atoms with Gasteiger partial charge in [0, 0.05) is 41.3 Å². The third-order valence-electron chi connectivity index (χ3n) is 3.80. The zero-order chi connectivity index (χ0) is 25.3. The van der Waals surface area contributed by atoms with Gasteiger partial charge in [-0.25, -0.2) is 4.98 Å². The first-order valence-electron chi connectivity index (χ1n) is 10.3. The Kier molecular flexibility index (Phi) is 15.4. The first-order valence-corrected chi connectivity index (χ1v) is 11.1. The molecule has 0 aromatic carbocycles. The number of rotatable bonds is 4. The standard InChI is InChI=1S/C12H8N2OS.C5H7F3.C5H10.C2H8N2/c15-7-8-1-2-11(16-8)9-3-5-13-12-10(9)4-6-14-12;1-2-3-4-5(6,7)8;1-4-5(2)3;3-1-2-4/h1-7H,(H,13,14);2-3H,4H2,1H3;4H,1-3H3;1-4H2/b;3-2-;;. The van der Waals surface area contributed by atoms with Crippen LogP contribution < -0.4 is 11.5 Å². The zero-order valence-electron chi connectivity index (χ0n) is 19.4. The van der Waals surface area contributed by atoms with Crippen molar-refractivity contribution in [1.82, 2.24) is 9.97 Å². The summed E-state index contributed by atoms with van der Waals surface area (Å²) < 4.78 is 33.6. The smallest absolute Gasteiger partial charge is 0.346 e. The van der Waals surface area contributed by atoms with Crippen LogP contribution >= 0.6 is 11.3 Å². The fourth-order valence-corrected chi connectivity index (χ4v) is 2.85. The summed E-state index contributed by atoms with van der Waals surface area (Å²) in [6, 6.07) is 7.77. The van der Waals surface area contributed by atoms with E-state index in [0.717, 1.165) is 38.7 Å². The molecule has 3 aromatic heterocycles. The minimum absolute atomic E-state index is 0.597. The number of H-pyrrole nitrogens is 1. The van der Waals surface area contributed by atoms with E-state index in [1.54, 1.807) is 13.1 Å². The van der Waals surface area contributed by atoms with Crippen molar-refractivity contribution in [3.05, 3.63) is 65.3 Å². The Balaban J connectivity index is 0.000000507. The van der Waals surface area contributed by atoms with Crippen molar-refractivity contribution in [2.24, 2.45) is 11.5 Å². The summed E-state index contributed by atoms with van der Waals surface area (Å²) in [5, 5.41) is 1.08. The number of allylic oxidation sites excluding steroid dienone is 4. The van der Waals surface area contributed by atoms with Crippen molar-refractivity contribution >= 4 is 28.7 Å². The highest BCUT2D eigenvalue weighted by Gasteiger charge is 2.24. The molecule has 0 fully saturated rings. The number of carbonyl (C=O) groups is 1. The first-order chi connectivity index (χ1) is 15.6. The Labute approximate surface area is 197 Å². The van der Waals surface area contributed by atoms with Crippen LogP contribution in [-0.4, -0.2) is 35.5 Å². The molecule has 0 saturated heterocycles. The minimum atomic E-state index is -4.04. The van der Waals surface area contributed by atoms with Crippen molar-refractivity contribution in [2.45, 2.75) is 40.3 Å². The van der Waals surface area contributed by atoms with Crippen molar-refractivity contribution in [3.8, 4) is 10.4 Å². The van der Waals surface area contributed by atoms with E-state index in [4.69, 9.17) is 11.5 Å². The van der Waals surface area contributed by atoms with E-state index < -0.39 is 12.6 Å². The number of carbonyl (C=O) groups excluding carboxylic acids is 1. The third kappa shape index (κ3) is 13.4. The molecular weight excluding hydrogens is 449 g/mol. The summed E-state index contributed by atoms with van der Waals surface area (Å²) in [4.78, 5) is 19.8. The SMILES string of the molecule is C/C=C\CC(F)(F)F.CC=C(C)C.NCCN.O=Cc1ccc(-c2ccnc3[nH]ccc23)s1. The van der Waals surface area contributed by atoms with Crippen LogP contribution in [-0.2, 0) is 0 Å². The number of halogens is 3. The molecule has 9 heteroatoms. The number of alkyl halides is 3. The second-order valence-corrected chi connectivity index (χ2v) is 7.87. The minimum Gasteiger partial charge on any atom is -0.346 e. The van der Waals surface area contributed by atoms with E-state index >= 15 is 0 Å². The Morgan fingerprint density at radius 3 is 2.18 bits per heavy atom. The lowest BCUT2D eigenvalue weighted by Crippen LogP contribution is -2.11. The van der Waals surface area contributed by atoms with Gasteiger partial charge in [-0.2, -0.15) is 13.2 Å². The van der Waals surface area contributed by atoms with Crippen molar-refractivity contribution in [3.63, 3.8) is 0 Å². The molecule has 0 bridgehead atoms. The fourth-order valence-electron chi connectivity index (χ4n) is 1.99. The summed E-state index contributed by atoms with van der Waals surface area (Å²) in [6.45, 7) is 8.96. The van der Waals surface area contributed by atoms with Crippen LogP contribution in [0.5, 0.6) is 0 Å². The van der Waals surface area contributed by atoms with Gasteiger partial charge in [0.25, 0.3) is 0 Å². The van der Waals surface area contributed by atoms with Gasteiger partial charge in [-0.3, -0.25) is 4.79 Å². The van der Waals surface area contributed by atoms with E-state index in [9.17, 15) is 18.0 Å². The lowest BCUT2D eigenvalue weighted by Gasteiger charge is -1.98. The number of aldehydes is 1. The predicted octanol–water partition coefficient (Wildman–Crippen LogP) is 6.50. The average Bonchev–Trinajstić information content (AvgIpc) is 3.47. The van der Waals surface area contributed by atoms with E-state index in [2.05, 4.69) is 29.9 Å². The fraction of sp³-hybridized carbons (Fsp3) is 0.333. The van der Waals surface area contributed by atoms with Gasteiger partial charge >= 0.3 is 6.18 Å². The van der Waals surface area contributed by atoms with Gasteiger partial charge < -0.3 is 16.5 Å². The molecule has 33 heavy (non-hydrogen) atoms. The van der Waals surface area contributed by atoms with E-state index in [-0.39, 0.29) is 0 Å². The largest absolute Gasteiger partial charge is 0.392 e. The molecule has 3 aromatic rings. The topological polar surface area (TPSA) is 97.8 Å². The molecule has 0 aliphatic carbocycles. The van der Waals surface area contributed by atoms with Crippen LogP contribution in [0.15, 0.2) is 60.5 Å². The van der Waals surface area contributed by atoms with E-state index in [1.165, 1.54) is 23.0 Å². The molecule has 0 amide bonds. The molecule has 0 unspecified atom stereocenters. The molecule has 0 aliphatic rings. The number of nitrogens with two attached hydrogens (primary N) is 2. The van der Waals surface area contributed by atoms with Gasteiger partial charge in [-0.15, -0.1) is 11.3 Å². The third-order valence-corrected chi connectivity index (χ3v) is 4.84. The number of pyridine rings is 1. The number of aromatic nitrogens is 2. The molecule has 3 rings (SSSR count). The number of thiophene rings is 1. The van der Waals surface area contributed by atoms with E-state index in [1.807, 2.05) is 37.4 Å². The number of hydrogen-bond donors (Lipinski definition) is 3. The maximum atomic E-state index is 11.2. The molecule has 5 N–H and O–H groups in total. The monoisotopic (exact) mass is 482 g/mol. The number of aromatic amines is 1. The highest BCUT2D eigenvalue weighted by atomic mass is 32.1. The molecule has 3 heterocycles. The van der Waals surface area contributed by atoms with Gasteiger partial charge in [0.1, 0.15) is 5.65 Å². The van der Waals surface area contributed by atoms with Gasteiger partial charge in [0.2, 0.25) is 0 Å². The Morgan fingerprint density at radius 1 is 1.12 bits per heavy atom. The first kappa shape index (κ1) is 30.2. The molecule has 0 radical (unpaired) electrons. The second-order valence-electron chi connectivity index (χ2n) is 6.75. The lowest BCUT2D eigenvalue weighted by atomic mass is 10.1. The van der Waals surface area contributed by atoms with Gasteiger partial charge in [-0.1, -0.05) is 23.8 Å². The lowest BCUT2D eigenvalue weighted by molar-refractivity contribution is -0.125. The molecule has 5 nitrogen and oxygen atoms in total. The van der Waals surface area contributed by atoms with Crippen LogP contribution in [0.1, 0.15) is 43.8 Å². The number of nitrogens with one attached hydrogen (secondary N) is 1. The molecule has 0 atom stereocenters. The van der Waals surface area contributed by atoms with Crippen LogP contribution in [0.4, 0.5) is 13.2 Å². The van der Waals surface area contributed by atoms with Crippen LogP contribution in [0, 0.1) is 0 Å². The van der Waals surface area contributed by atoms with Crippen molar-refractivity contribution in [1.29, 1.82) is 0 Å². The highest BCUT2D eigenvalue weighted by Crippen LogP contribution is 2.31. The Hall–Kier alpha value is -2.75. The van der Waals surface area contributed by atoms with Crippen molar-refractivity contribution in [2.75, 3.05) is 13.1 Å². The number of hydrogen-bond acceptors (Lipinski definition) is 5. The highest BCUT2D eigenvalue weighted by molar-refractivity contribution is 7.17. The average molecular weight is 483 g/mol. The zero-order valence-corrected chi connectivity index (χ0v) is 20.3. The van der Waals surface area contributed by atoms with Crippen molar-refractivity contribution < 1.29 is 18.0 Å². The summed E-state index contributed by atoms with van der Waals surface area (Å²) in [6.07, 6.45) is 4.22. The summed E-state index contributed by atoms with van der Waals surface area (Å²) in [5.41, 5.74) is 13.2. The van der Waals surface area contributed by atoms with Crippen LogP contribution in [0.2, 0.25) is 0 Å². The number of nitrogens with zero attached hydrogens (tertiary/aromatic N) is 1. The normalized spacial score (nSPS) is 10.3. The summed E-state index contributed by atoms with van der Waals surface area (Å²) in [7, 11) is 0. The van der Waals surface area contributed by atoms with Crippen LogP contribution in [0.25, 0.3) is 21.5 Å². The molecule has 182 valence electrons. The van der Waals surface area contributed by atoms with Crippen LogP contribution in [0.3, 0.4) is 0 Å². The second kappa shape index (κ2) is 16.8. The molecule has 0 saturated carbocycles. The predicted molar refractivity (Wildman–Crippen MR) is 133 cm³/mol. The van der Waals surface area contributed by atoms with E-state index in [0.29, 0.717) is 13.1 Å². The quantitative estimate of drug-likeness (QED) is 0.292. The Morgan fingerprint density at radius 2 is 1.76 bits per heavy atom. The van der Waals surface area contributed by atoms with Gasteiger partial charge in [0.15, 0.2) is 6.29 Å². The summed E-state index contributed by atoms with van der Waals surface area (Å²) in [5.74, 6) is 0.